The lowest BCUT2D eigenvalue weighted by Gasteiger charge is -2.46. The van der Waals surface area contributed by atoms with Gasteiger partial charge in [-0.15, -0.1) is 0 Å². The summed E-state index contributed by atoms with van der Waals surface area (Å²) in [7, 11) is 0. The van der Waals surface area contributed by atoms with Gasteiger partial charge in [0.05, 0.1) is 6.61 Å². The number of hydrogen-bond donors (Lipinski definition) is 0. The number of amides is 2. The van der Waals surface area contributed by atoms with Crippen LogP contribution in [-0.4, -0.2) is 40.0 Å². The van der Waals surface area contributed by atoms with E-state index in [2.05, 4.69) is 0 Å². The van der Waals surface area contributed by atoms with Crippen LogP contribution >= 0.6 is 11.6 Å². The van der Waals surface area contributed by atoms with Crippen LogP contribution in [0.15, 0.2) is 30.3 Å². The quantitative estimate of drug-likeness (QED) is 0.608. The van der Waals surface area contributed by atoms with E-state index in [1.165, 1.54) is 0 Å². The predicted molar refractivity (Wildman–Crippen MR) is 82.7 cm³/mol. The molecule has 2 atom stereocenters. The number of ether oxygens (including phenoxy) is 2. The third-order valence-electron chi connectivity index (χ3n) is 3.24. The van der Waals surface area contributed by atoms with Crippen LogP contribution in [0.2, 0.25) is 0 Å². The van der Waals surface area contributed by atoms with Gasteiger partial charge in [0.25, 0.3) is 5.91 Å². The lowest BCUT2D eigenvalue weighted by Crippen LogP contribution is -2.72. The second-order valence-electron chi connectivity index (χ2n) is 6.39. The summed E-state index contributed by atoms with van der Waals surface area (Å²) in [6.45, 7) is 4.63. The summed E-state index contributed by atoms with van der Waals surface area (Å²) in [5.41, 5.74) is -0.225. The smallest absolute Gasteiger partial charge is 0.417 e. The molecule has 0 unspecified atom stereocenters. The first kappa shape index (κ1) is 18.6. The summed E-state index contributed by atoms with van der Waals surface area (Å²) in [5, 5.41) is -3.83. The van der Waals surface area contributed by atoms with Gasteiger partial charge in [0, 0.05) is 0 Å². The van der Waals surface area contributed by atoms with Crippen LogP contribution in [0.5, 0.6) is 0 Å². The van der Waals surface area contributed by atoms with E-state index in [-0.39, 0.29) is 6.61 Å². The molecule has 1 aromatic carbocycles. The van der Waals surface area contributed by atoms with E-state index in [0.29, 0.717) is 10.5 Å². The summed E-state index contributed by atoms with van der Waals surface area (Å²) in [6, 6.07) is 6.83. The summed E-state index contributed by atoms with van der Waals surface area (Å²) in [4.78, 5) is 24.4. The number of rotatable bonds is 4. The zero-order valence-electron chi connectivity index (χ0n) is 13.5. The molecule has 1 heterocycles. The Morgan fingerprint density at radius 1 is 1.25 bits per heavy atom. The minimum absolute atomic E-state index is 0.0527. The molecule has 0 aromatic heterocycles. The van der Waals surface area contributed by atoms with E-state index in [1.54, 1.807) is 51.1 Å². The summed E-state index contributed by atoms with van der Waals surface area (Å²) in [5.74, 6) is -0.898. The van der Waals surface area contributed by atoms with Crippen molar-refractivity contribution in [2.45, 2.75) is 50.5 Å². The number of hydrogen-bond acceptors (Lipinski definition) is 4. The molecule has 132 valence electrons. The largest absolute Gasteiger partial charge is 0.443 e. The molecule has 2 rings (SSSR count). The highest BCUT2D eigenvalue weighted by molar-refractivity contribution is 6.23. The molecular weight excluding hydrogens is 344 g/mol. The average molecular weight is 362 g/mol. The van der Waals surface area contributed by atoms with Crippen LogP contribution in [0, 0.1) is 0 Å². The minimum Gasteiger partial charge on any atom is -0.443 e. The Balaban J connectivity index is 2.10. The van der Waals surface area contributed by atoms with E-state index in [4.69, 9.17) is 21.1 Å². The number of likely N-dealkylation sites (tertiary alicyclic amines) is 1. The molecule has 1 saturated heterocycles. The van der Waals surface area contributed by atoms with Crippen molar-refractivity contribution in [3.05, 3.63) is 35.9 Å². The number of β-lactam (4-membered cyclic amide) rings is 1. The Morgan fingerprint density at radius 3 is 2.33 bits per heavy atom. The van der Waals surface area contributed by atoms with Crippen LogP contribution in [0.3, 0.4) is 0 Å². The maximum Gasteiger partial charge on any atom is 0.417 e. The minimum atomic E-state index is -3.83. The van der Waals surface area contributed by atoms with Crippen LogP contribution in [0.1, 0.15) is 26.3 Å². The number of carbonyl (C=O) groups is 2. The van der Waals surface area contributed by atoms with Gasteiger partial charge in [0.15, 0.2) is 12.1 Å². The van der Waals surface area contributed by atoms with E-state index in [0.717, 1.165) is 0 Å². The van der Waals surface area contributed by atoms with Crippen molar-refractivity contribution in [1.29, 1.82) is 0 Å². The molecule has 2 amide bonds. The van der Waals surface area contributed by atoms with Crippen molar-refractivity contribution in [2.24, 2.45) is 0 Å². The molecule has 1 aromatic rings. The monoisotopic (exact) mass is 361 g/mol. The molecule has 5 nitrogen and oxygen atoms in total. The second kappa shape index (κ2) is 6.64. The maximum atomic E-state index is 13.6. The number of imide groups is 1. The van der Waals surface area contributed by atoms with E-state index in [9.17, 15) is 18.4 Å². The van der Waals surface area contributed by atoms with Crippen molar-refractivity contribution < 1.29 is 27.8 Å². The zero-order chi connectivity index (χ0) is 18.1. The standard InChI is InChI=1S/C16H18ClF2NO4/c1-15(2,3)24-14(22)20-12(16(17,18)19)11(13(20)21)23-9-10-7-5-4-6-8-10/h4-8,11-12H,9H2,1-3H3/t11-,12-/m1/s1. The van der Waals surface area contributed by atoms with Gasteiger partial charge in [0.2, 0.25) is 0 Å². The maximum absolute atomic E-state index is 13.6. The van der Waals surface area contributed by atoms with Gasteiger partial charge in [0.1, 0.15) is 5.60 Å². The van der Waals surface area contributed by atoms with Crippen molar-refractivity contribution >= 4 is 23.6 Å². The number of benzene rings is 1. The van der Waals surface area contributed by atoms with E-state index >= 15 is 0 Å². The first-order valence-electron chi connectivity index (χ1n) is 7.29. The zero-order valence-corrected chi connectivity index (χ0v) is 14.2. The lowest BCUT2D eigenvalue weighted by molar-refractivity contribution is -0.191. The molecule has 1 aliphatic rings. The molecule has 0 saturated carbocycles. The molecule has 0 spiro atoms. The van der Waals surface area contributed by atoms with Crippen LogP contribution < -0.4 is 0 Å². The van der Waals surface area contributed by atoms with Gasteiger partial charge in [-0.1, -0.05) is 30.3 Å². The molecule has 0 bridgehead atoms. The van der Waals surface area contributed by atoms with Gasteiger partial charge >= 0.3 is 11.5 Å². The fraction of sp³-hybridized carbons (Fsp3) is 0.500. The first-order valence-corrected chi connectivity index (χ1v) is 7.67. The fourth-order valence-electron chi connectivity index (χ4n) is 2.22. The highest BCUT2D eigenvalue weighted by Crippen LogP contribution is 2.39. The Bertz CT molecular complexity index is 613. The van der Waals surface area contributed by atoms with E-state index in [1.807, 2.05) is 0 Å². The first-order chi connectivity index (χ1) is 11.0. The Labute approximate surface area is 143 Å². The molecule has 0 aliphatic carbocycles. The highest BCUT2D eigenvalue weighted by Gasteiger charge is 2.63. The SMILES string of the molecule is CC(C)(C)OC(=O)N1C(=O)[C@H](OCc2ccccc2)[C@@H]1C(F)(F)Cl. The van der Waals surface area contributed by atoms with Crippen LogP contribution in [0.4, 0.5) is 13.6 Å². The Kier molecular flexibility index (Phi) is 5.15. The second-order valence-corrected chi connectivity index (χ2v) is 6.90. The highest BCUT2D eigenvalue weighted by atomic mass is 35.5. The molecule has 0 N–H and O–H groups in total. The Morgan fingerprint density at radius 2 is 1.83 bits per heavy atom. The van der Waals surface area contributed by atoms with Gasteiger partial charge in [-0.3, -0.25) is 4.79 Å². The fourth-order valence-corrected chi connectivity index (χ4v) is 2.43. The predicted octanol–water partition coefficient (Wildman–Crippen LogP) is 3.55. The normalized spacial score (nSPS) is 21.4. The summed E-state index contributed by atoms with van der Waals surface area (Å²) >= 11 is 5.07. The molecule has 8 heteroatoms. The lowest BCUT2D eigenvalue weighted by atomic mass is 9.98. The van der Waals surface area contributed by atoms with E-state index < -0.39 is 35.1 Å². The van der Waals surface area contributed by atoms with Gasteiger partial charge < -0.3 is 9.47 Å². The topological polar surface area (TPSA) is 55.8 Å². The third-order valence-corrected chi connectivity index (χ3v) is 3.47. The van der Waals surface area contributed by atoms with Gasteiger partial charge in [-0.2, -0.15) is 8.78 Å². The molecule has 0 radical (unpaired) electrons. The molecular formula is C16H18ClF2NO4. The average Bonchev–Trinajstić information content (AvgIpc) is 2.42. The molecule has 1 aliphatic heterocycles. The van der Waals surface area contributed by atoms with Crippen molar-refractivity contribution in [1.82, 2.24) is 4.90 Å². The summed E-state index contributed by atoms with van der Waals surface area (Å²) < 4.78 is 37.5. The van der Waals surface area contributed by atoms with Gasteiger partial charge in [-0.05, 0) is 37.9 Å². The Hall–Kier alpha value is -1.73. The molecule has 24 heavy (non-hydrogen) atoms. The van der Waals surface area contributed by atoms with Crippen LogP contribution in [-0.2, 0) is 20.9 Å². The third kappa shape index (κ3) is 4.21. The van der Waals surface area contributed by atoms with Gasteiger partial charge in [-0.25, -0.2) is 9.69 Å². The van der Waals surface area contributed by atoms with Crippen molar-refractivity contribution in [3.63, 3.8) is 0 Å². The number of halogens is 3. The number of carbonyl (C=O) groups excluding carboxylic acids is 2. The molecule has 1 fully saturated rings. The number of nitrogens with zero attached hydrogens (tertiary/aromatic N) is 1. The number of alkyl halides is 3. The van der Waals surface area contributed by atoms with Crippen LogP contribution in [0.25, 0.3) is 0 Å². The van der Waals surface area contributed by atoms with Crippen molar-refractivity contribution in [3.8, 4) is 0 Å². The van der Waals surface area contributed by atoms with Crippen molar-refractivity contribution in [2.75, 3.05) is 0 Å². The summed E-state index contributed by atoms with van der Waals surface area (Å²) in [6.07, 6.45) is -2.68.